The van der Waals surface area contributed by atoms with Crippen molar-refractivity contribution >= 4 is 17.8 Å². The zero-order valence-corrected chi connectivity index (χ0v) is 13.6. The van der Waals surface area contributed by atoms with Crippen molar-refractivity contribution in [3.63, 3.8) is 0 Å². The van der Waals surface area contributed by atoms with E-state index in [9.17, 15) is 19.5 Å². The van der Waals surface area contributed by atoms with Crippen LogP contribution in [0.5, 0.6) is 0 Å². The van der Waals surface area contributed by atoms with Crippen molar-refractivity contribution in [1.82, 2.24) is 10.9 Å². The fraction of sp³-hybridized carbons (Fsp3) is 0.562. The summed E-state index contributed by atoms with van der Waals surface area (Å²) in [6, 6.07) is 3.01. The maximum Gasteiger partial charge on any atom is 0.305 e. The lowest BCUT2D eigenvalue weighted by molar-refractivity contribution is -0.313. The molecule has 7 heteroatoms. The van der Waals surface area contributed by atoms with Crippen LogP contribution in [0.2, 0.25) is 0 Å². The maximum atomic E-state index is 11.8. The number of carbonyl (C=O) groups is 3. The summed E-state index contributed by atoms with van der Waals surface area (Å²) in [6.45, 7) is 5.70. The Hall–Kier alpha value is -2.31. The van der Waals surface area contributed by atoms with Crippen molar-refractivity contribution in [3.05, 3.63) is 24.2 Å². The molecule has 23 heavy (non-hydrogen) atoms. The minimum Gasteiger partial charge on any atom is -0.550 e. The van der Waals surface area contributed by atoms with E-state index >= 15 is 0 Å². The number of carbonyl (C=O) groups excluding carboxylic acids is 3. The number of hydrogen-bond donors (Lipinski definition) is 2. The number of furan rings is 1. The number of rotatable bonds is 8. The third-order valence-corrected chi connectivity index (χ3v) is 3.61. The molecular weight excluding hydrogens is 300 g/mol. The van der Waals surface area contributed by atoms with Crippen LogP contribution < -0.4 is 16.0 Å². The molecule has 2 N–H and O–H groups in total. The first-order chi connectivity index (χ1) is 10.8. The van der Waals surface area contributed by atoms with Crippen LogP contribution in [0.3, 0.4) is 0 Å². The molecule has 0 saturated heterocycles. The van der Waals surface area contributed by atoms with Crippen molar-refractivity contribution in [2.24, 2.45) is 17.8 Å². The van der Waals surface area contributed by atoms with Crippen molar-refractivity contribution in [2.45, 2.75) is 40.0 Å². The zero-order chi connectivity index (χ0) is 17.4. The summed E-state index contributed by atoms with van der Waals surface area (Å²) in [4.78, 5) is 34.6. The van der Waals surface area contributed by atoms with Crippen molar-refractivity contribution < 1.29 is 23.9 Å². The Kier molecular flexibility index (Phi) is 7.31. The number of hydrogen-bond acceptors (Lipinski definition) is 5. The highest BCUT2D eigenvalue weighted by Crippen LogP contribution is 2.22. The predicted octanol–water partition coefficient (Wildman–Crippen LogP) is 0.869. The lowest BCUT2D eigenvalue weighted by Gasteiger charge is -2.25. The van der Waals surface area contributed by atoms with Gasteiger partial charge < -0.3 is 14.3 Å². The van der Waals surface area contributed by atoms with Gasteiger partial charge in [0, 0.05) is 18.3 Å². The second kappa shape index (κ2) is 8.97. The van der Waals surface area contributed by atoms with E-state index in [0.717, 1.165) is 6.42 Å². The zero-order valence-electron chi connectivity index (χ0n) is 13.6. The van der Waals surface area contributed by atoms with Crippen LogP contribution in [0.15, 0.2) is 22.8 Å². The monoisotopic (exact) mass is 323 g/mol. The van der Waals surface area contributed by atoms with E-state index in [2.05, 4.69) is 10.9 Å². The minimum absolute atomic E-state index is 0.0187. The Morgan fingerprint density at radius 2 is 1.87 bits per heavy atom. The molecule has 1 aromatic heterocycles. The Balaban J connectivity index is 2.44. The van der Waals surface area contributed by atoms with Gasteiger partial charge in [0.1, 0.15) is 0 Å². The normalized spacial score (nSPS) is 13.4. The first kappa shape index (κ1) is 18.7. The van der Waals surface area contributed by atoms with Gasteiger partial charge in [-0.25, -0.2) is 0 Å². The second-order valence-corrected chi connectivity index (χ2v) is 6.06. The third-order valence-electron chi connectivity index (χ3n) is 3.61. The number of carboxylic acids is 1. The Morgan fingerprint density at radius 3 is 2.39 bits per heavy atom. The predicted molar refractivity (Wildman–Crippen MR) is 80.7 cm³/mol. The highest BCUT2D eigenvalue weighted by atomic mass is 16.4. The maximum absolute atomic E-state index is 11.8. The fourth-order valence-corrected chi connectivity index (χ4v) is 2.23. The Morgan fingerprint density at radius 1 is 1.17 bits per heavy atom. The highest BCUT2D eigenvalue weighted by Gasteiger charge is 2.22. The average Bonchev–Trinajstić information content (AvgIpc) is 2.98. The van der Waals surface area contributed by atoms with E-state index in [4.69, 9.17) is 4.42 Å². The van der Waals surface area contributed by atoms with Gasteiger partial charge in [0.2, 0.25) is 5.91 Å². The van der Waals surface area contributed by atoms with Gasteiger partial charge in [0.25, 0.3) is 0 Å². The number of nitrogens with one attached hydrogen (secondary N) is 2. The van der Waals surface area contributed by atoms with Crippen LogP contribution >= 0.6 is 0 Å². The lowest BCUT2D eigenvalue weighted by atomic mass is 9.85. The number of aliphatic carboxylic acids is 1. The van der Waals surface area contributed by atoms with Crippen LogP contribution in [0.25, 0.3) is 0 Å². The summed E-state index contributed by atoms with van der Waals surface area (Å²) < 4.78 is 4.88. The van der Waals surface area contributed by atoms with Gasteiger partial charge in [0.05, 0.1) is 6.26 Å². The van der Waals surface area contributed by atoms with Gasteiger partial charge >= 0.3 is 5.91 Å². The summed E-state index contributed by atoms with van der Waals surface area (Å²) in [6.07, 6.45) is 2.54. The number of carboxylic acid groups (broad SMARTS) is 1. The molecule has 0 unspecified atom stereocenters. The molecule has 0 fully saturated rings. The van der Waals surface area contributed by atoms with E-state index < -0.39 is 23.7 Å². The highest BCUT2D eigenvalue weighted by molar-refractivity contribution is 5.92. The second-order valence-electron chi connectivity index (χ2n) is 6.06. The first-order valence-electron chi connectivity index (χ1n) is 7.64. The van der Waals surface area contributed by atoms with Gasteiger partial charge in [-0.1, -0.05) is 27.2 Å². The van der Waals surface area contributed by atoms with Gasteiger partial charge in [-0.3, -0.25) is 20.4 Å². The minimum atomic E-state index is -1.15. The molecule has 7 nitrogen and oxygen atoms in total. The summed E-state index contributed by atoms with van der Waals surface area (Å²) in [5.74, 6) is -2.82. The average molecular weight is 323 g/mol. The smallest absolute Gasteiger partial charge is 0.305 e. The quantitative estimate of drug-likeness (QED) is 0.689. The molecule has 1 aromatic rings. The number of amides is 2. The number of hydrazine groups is 1. The molecule has 0 aliphatic heterocycles. The topological polar surface area (TPSA) is 111 Å². The molecule has 1 heterocycles. The molecule has 0 bridgehead atoms. The molecule has 0 aromatic carbocycles. The summed E-state index contributed by atoms with van der Waals surface area (Å²) in [7, 11) is 0. The van der Waals surface area contributed by atoms with Crippen LogP contribution in [-0.2, 0) is 9.59 Å². The van der Waals surface area contributed by atoms with Crippen molar-refractivity contribution in [2.75, 3.05) is 0 Å². The Labute approximate surface area is 135 Å². The molecule has 1 rings (SSSR count). The SMILES string of the molecule is CC(C)CC[C@@H](C(=O)[O-])[C@@H](C)CC(=O)NNC(=O)c1ccco1. The lowest BCUT2D eigenvalue weighted by Crippen LogP contribution is -2.43. The van der Waals surface area contributed by atoms with E-state index in [1.807, 2.05) is 13.8 Å². The van der Waals surface area contributed by atoms with Crippen LogP contribution in [0, 0.1) is 17.8 Å². The van der Waals surface area contributed by atoms with Crippen molar-refractivity contribution in [3.8, 4) is 0 Å². The van der Waals surface area contributed by atoms with E-state index in [1.165, 1.54) is 12.3 Å². The molecule has 128 valence electrons. The molecular formula is C16H23N2O5-. The van der Waals surface area contributed by atoms with Crippen molar-refractivity contribution in [1.29, 1.82) is 0 Å². The standard InChI is InChI=1S/C16H24N2O5/c1-10(2)6-7-12(16(21)22)11(3)9-14(19)17-18-15(20)13-5-4-8-23-13/h4-5,8,10-12H,6-7,9H2,1-3H3,(H,17,19)(H,18,20)(H,21,22)/p-1/t11-,12+/m0/s1. The Bertz CT molecular complexity index is 525. The van der Waals surface area contributed by atoms with E-state index in [1.54, 1.807) is 13.0 Å². The van der Waals surface area contributed by atoms with E-state index in [-0.39, 0.29) is 18.1 Å². The summed E-state index contributed by atoms with van der Waals surface area (Å²) in [5.41, 5.74) is 4.46. The van der Waals surface area contributed by atoms with Crippen LogP contribution in [-0.4, -0.2) is 17.8 Å². The first-order valence-corrected chi connectivity index (χ1v) is 7.64. The van der Waals surface area contributed by atoms with Gasteiger partial charge in [-0.2, -0.15) is 0 Å². The van der Waals surface area contributed by atoms with E-state index in [0.29, 0.717) is 12.3 Å². The van der Waals surface area contributed by atoms with Crippen LogP contribution in [0.4, 0.5) is 0 Å². The molecule has 0 saturated carbocycles. The van der Waals surface area contributed by atoms with Gasteiger partial charge in [-0.15, -0.1) is 0 Å². The van der Waals surface area contributed by atoms with Gasteiger partial charge in [-0.05, 0) is 30.4 Å². The largest absolute Gasteiger partial charge is 0.550 e. The molecule has 0 aliphatic carbocycles. The molecule has 0 radical (unpaired) electrons. The van der Waals surface area contributed by atoms with Gasteiger partial charge in [0.15, 0.2) is 5.76 Å². The fourth-order valence-electron chi connectivity index (χ4n) is 2.23. The molecule has 0 aliphatic rings. The summed E-state index contributed by atoms with van der Waals surface area (Å²) >= 11 is 0. The third kappa shape index (κ3) is 6.54. The summed E-state index contributed by atoms with van der Waals surface area (Å²) in [5, 5.41) is 11.2. The molecule has 2 atom stereocenters. The molecule has 2 amide bonds. The molecule has 0 spiro atoms. The van der Waals surface area contributed by atoms with Crippen LogP contribution in [0.1, 0.15) is 50.6 Å².